The fourth-order valence-corrected chi connectivity index (χ4v) is 6.36. The van der Waals surface area contributed by atoms with Gasteiger partial charge in [0.15, 0.2) is 0 Å². The molecule has 2 aromatic rings. The molecule has 0 unspecified atom stereocenters. The number of nitrogens with one attached hydrogen (secondary N) is 1. The predicted octanol–water partition coefficient (Wildman–Crippen LogP) is 5.75. The molecule has 2 fully saturated rings. The summed E-state index contributed by atoms with van der Waals surface area (Å²) in [5, 5.41) is 3.62. The lowest BCUT2D eigenvalue weighted by Crippen LogP contribution is -2.54. The molecule has 0 aromatic heterocycles. The van der Waals surface area contributed by atoms with Gasteiger partial charge in [0.1, 0.15) is 6.04 Å². The number of nitrogens with zero attached hydrogens (tertiary/aromatic N) is 1. The number of rotatable bonds is 2. The summed E-state index contributed by atoms with van der Waals surface area (Å²) < 4.78 is 11.5. The zero-order chi connectivity index (χ0) is 27.0. The molecule has 6 heteroatoms. The minimum atomic E-state index is -0.603. The number of carbonyl (C=O) groups is 2. The largest absolute Gasteiger partial charge is 0.467 e. The van der Waals surface area contributed by atoms with E-state index in [1.165, 1.54) is 24.7 Å². The lowest BCUT2D eigenvalue weighted by atomic mass is 9.83. The van der Waals surface area contributed by atoms with E-state index in [4.69, 9.17) is 9.47 Å². The van der Waals surface area contributed by atoms with Crippen molar-refractivity contribution in [1.29, 1.82) is 0 Å². The highest BCUT2D eigenvalue weighted by Gasteiger charge is 2.44. The average molecular weight is 531 g/mol. The Balaban J connectivity index is 1.40. The Labute approximate surface area is 232 Å². The third-order valence-corrected chi connectivity index (χ3v) is 8.51. The van der Waals surface area contributed by atoms with Gasteiger partial charge in [-0.1, -0.05) is 67.8 Å². The molecule has 1 aliphatic carbocycles. The van der Waals surface area contributed by atoms with Crippen molar-refractivity contribution in [3.8, 4) is 11.1 Å². The van der Waals surface area contributed by atoms with Crippen LogP contribution in [-0.4, -0.2) is 55.2 Å². The van der Waals surface area contributed by atoms with Crippen molar-refractivity contribution in [2.75, 3.05) is 20.2 Å². The second-order valence-electron chi connectivity index (χ2n) is 11.3. The van der Waals surface area contributed by atoms with Gasteiger partial charge in [-0.25, -0.2) is 4.79 Å². The SMILES string of the molecule is COC(=O)[C@@H]1C[C@@H]2CN1C(=O)[C@H](C1CCCCC1)NCCCC/C=C\c1cccc(c1)-c1cccc(c1)CO2. The van der Waals surface area contributed by atoms with E-state index in [1.54, 1.807) is 4.90 Å². The normalized spacial score (nSPS) is 26.1. The maximum absolute atomic E-state index is 14.0. The minimum Gasteiger partial charge on any atom is -0.467 e. The van der Waals surface area contributed by atoms with Crippen LogP contribution in [0.5, 0.6) is 0 Å². The van der Waals surface area contributed by atoms with Crippen LogP contribution in [0, 0.1) is 5.92 Å². The number of ether oxygens (including phenoxy) is 2. The van der Waals surface area contributed by atoms with Crippen LogP contribution in [0.4, 0.5) is 0 Å². The average Bonchev–Trinajstić information content (AvgIpc) is 3.41. The summed E-state index contributed by atoms with van der Waals surface area (Å²) in [6, 6.07) is 16.2. The van der Waals surface area contributed by atoms with Crippen molar-refractivity contribution in [3.63, 3.8) is 0 Å². The van der Waals surface area contributed by atoms with E-state index in [9.17, 15) is 9.59 Å². The van der Waals surface area contributed by atoms with Crippen LogP contribution in [0.2, 0.25) is 0 Å². The topological polar surface area (TPSA) is 67.9 Å². The number of amides is 1. The molecule has 3 aliphatic rings. The van der Waals surface area contributed by atoms with Gasteiger partial charge in [-0.2, -0.15) is 0 Å². The zero-order valence-electron chi connectivity index (χ0n) is 23.1. The van der Waals surface area contributed by atoms with E-state index in [0.29, 0.717) is 25.5 Å². The standard InChI is InChI=1S/C33H42N2O4/c1-38-33(37)30-21-29-22-35(30)32(36)31(26-14-6-4-7-15-26)34-18-8-3-2-5-11-24-12-9-16-27(19-24)28-17-10-13-25(20-28)23-39-29/h5,9-13,16-17,19-20,26,29-31,34H,2-4,6-8,14-15,18,21-23H2,1H3/b11-5-/t29-,30+,31+/m1/s1. The van der Waals surface area contributed by atoms with E-state index in [-0.39, 0.29) is 24.0 Å². The highest BCUT2D eigenvalue weighted by molar-refractivity contribution is 5.88. The molecule has 2 aliphatic heterocycles. The van der Waals surface area contributed by atoms with Gasteiger partial charge in [-0.3, -0.25) is 4.79 Å². The van der Waals surface area contributed by atoms with Gasteiger partial charge in [0.25, 0.3) is 0 Å². The molecule has 6 bridgehead atoms. The molecule has 1 saturated carbocycles. The predicted molar refractivity (Wildman–Crippen MR) is 154 cm³/mol. The number of carbonyl (C=O) groups excluding carboxylic acids is 2. The van der Waals surface area contributed by atoms with E-state index in [2.05, 4.69) is 66.0 Å². The van der Waals surface area contributed by atoms with Crippen LogP contribution < -0.4 is 5.32 Å². The maximum Gasteiger partial charge on any atom is 0.328 e. The third-order valence-electron chi connectivity index (χ3n) is 8.51. The Hall–Kier alpha value is -2.96. The summed E-state index contributed by atoms with van der Waals surface area (Å²) in [6.07, 6.45) is 13.4. The fraction of sp³-hybridized carbons (Fsp3) is 0.515. The molecule has 3 atom stereocenters. The van der Waals surface area contributed by atoms with Crippen molar-refractivity contribution >= 4 is 18.0 Å². The third kappa shape index (κ3) is 6.98. The summed E-state index contributed by atoms with van der Waals surface area (Å²) in [5.41, 5.74) is 4.60. The Morgan fingerprint density at radius 2 is 1.79 bits per heavy atom. The van der Waals surface area contributed by atoms with E-state index < -0.39 is 6.04 Å². The quantitative estimate of drug-likeness (QED) is 0.501. The van der Waals surface area contributed by atoms with Crippen LogP contribution in [0.15, 0.2) is 54.6 Å². The monoisotopic (exact) mass is 530 g/mol. The Morgan fingerprint density at radius 1 is 1.00 bits per heavy atom. The first kappa shape index (κ1) is 27.6. The Kier molecular flexibility index (Phi) is 9.49. The molecule has 2 aromatic carbocycles. The van der Waals surface area contributed by atoms with Crippen molar-refractivity contribution in [1.82, 2.24) is 10.2 Å². The number of benzene rings is 2. The second-order valence-corrected chi connectivity index (χ2v) is 11.3. The number of methoxy groups -OCH3 is 1. The highest BCUT2D eigenvalue weighted by atomic mass is 16.5. The number of esters is 1. The molecule has 6 nitrogen and oxygen atoms in total. The number of hydrogen-bond donors (Lipinski definition) is 1. The van der Waals surface area contributed by atoms with Gasteiger partial charge < -0.3 is 19.7 Å². The van der Waals surface area contributed by atoms with E-state index in [0.717, 1.165) is 62.6 Å². The van der Waals surface area contributed by atoms with Gasteiger partial charge >= 0.3 is 5.97 Å². The molecule has 39 heavy (non-hydrogen) atoms. The Bertz CT molecular complexity index is 1160. The van der Waals surface area contributed by atoms with Crippen LogP contribution in [0.25, 0.3) is 17.2 Å². The molecule has 2 heterocycles. The van der Waals surface area contributed by atoms with Crippen LogP contribution in [0.3, 0.4) is 0 Å². The van der Waals surface area contributed by atoms with Gasteiger partial charge in [-0.05, 0) is 79.0 Å². The first-order valence-electron chi connectivity index (χ1n) is 14.7. The minimum absolute atomic E-state index is 0.0261. The summed E-state index contributed by atoms with van der Waals surface area (Å²) in [4.78, 5) is 28.6. The van der Waals surface area contributed by atoms with Crippen LogP contribution >= 0.6 is 0 Å². The molecule has 208 valence electrons. The highest BCUT2D eigenvalue weighted by Crippen LogP contribution is 2.31. The van der Waals surface area contributed by atoms with Crippen molar-refractivity contribution < 1.29 is 19.1 Å². The summed E-state index contributed by atoms with van der Waals surface area (Å²) >= 11 is 0. The second kappa shape index (κ2) is 13.4. The molecule has 1 N–H and O–H groups in total. The molecular formula is C33H42N2O4. The lowest BCUT2D eigenvalue weighted by molar-refractivity contribution is -0.152. The van der Waals surface area contributed by atoms with Crippen molar-refractivity contribution in [3.05, 3.63) is 65.7 Å². The molecule has 1 saturated heterocycles. The van der Waals surface area contributed by atoms with E-state index in [1.807, 2.05) is 0 Å². The summed E-state index contributed by atoms with van der Waals surface area (Å²) in [6.45, 7) is 1.63. The van der Waals surface area contributed by atoms with Gasteiger partial charge in [-0.15, -0.1) is 0 Å². The number of allylic oxidation sites excluding steroid dienone is 1. The Morgan fingerprint density at radius 3 is 2.62 bits per heavy atom. The van der Waals surface area contributed by atoms with Gasteiger partial charge in [0, 0.05) is 13.0 Å². The summed E-state index contributed by atoms with van der Waals surface area (Å²) in [7, 11) is 1.40. The molecule has 1 amide bonds. The smallest absolute Gasteiger partial charge is 0.328 e. The lowest BCUT2D eigenvalue weighted by Gasteiger charge is -2.34. The molecule has 0 spiro atoms. The molecule has 5 rings (SSSR count). The first-order chi connectivity index (χ1) is 19.1. The van der Waals surface area contributed by atoms with Crippen LogP contribution in [-0.2, 0) is 25.7 Å². The number of fused-ring (bicyclic) bond motifs is 7. The van der Waals surface area contributed by atoms with Gasteiger partial charge in [0.2, 0.25) is 5.91 Å². The number of hydrogen-bond acceptors (Lipinski definition) is 5. The summed E-state index contributed by atoms with van der Waals surface area (Å²) in [5.74, 6) is -0.0284. The molecule has 0 radical (unpaired) electrons. The van der Waals surface area contributed by atoms with Crippen LogP contribution in [0.1, 0.15) is 68.9 Å². The fourth-order valence-electron chi connectivity index (χ4n) is 6.36. The first-order valence-corrected chi connectivity index (χ1v) is 14.7. The van der Waals surface area contributed by atoms with Gasteiger partial charge in [0.05, 0.1) is 25.9 Å². The molecular weight excluding hydrogens is 488 g/mol. The van der Waals surface area contributed by atoms with E-state index >= 15 is 0 Å². The zero-order valence-corrected chi connectivity index (χ0v) is 23.1. The van der Waals surface area contributed by atoms with Crippen molar-refractivity contribution in [2.24, 2.45) is 5.92 Å². The maximum atomic E-state index is 14.0. The van der Waals surface area contributed by atoms with Crippen molar-refractivity contribution in [2.45, 2.75) is 82.6 Å².